The number of carbonyl (C=O) groups excluding carboxylic acids is 2. The molecule has 2 aliphatic rings. The number of amides is 2. The third kappa shape index (κ3) is 5.24. The van der Waals surface area contributed by atoms with Crippen LogP contribution in [0.5, 0.6) is 0 Å². The van der Waals surface area contributed by atoms with Crippen molar-refractivity contribution in [1.82, 2.24) is 9.30 Å². The minimum atomic E-state index is -1.35. The molecule has 0 radical (unpaired) electrons. The summed E-state index contributed by atoms with van der Waals surface area (Å²) in [6.07, 6.45) is 3.02. The van der Waals surface area contributed by atoms with E-state index in [2.05, 4.69) is 0 Å². The van der Waals surface area contributed by atoms with Gasteiger partial charge < -0.3 is 20.5 Å². The van der Waals surface area contributed by atoms with E-state index in [4.69, 9.17) is 10.5 Å². The van der Waals surface area contributed by atoms with Gasteiger partial charge in [-0.05, 0) is 83.4 Å². The molecule has 11 heteroatoms. The molecule has 3 heterocycles. The number of imide groups is 1. The summed E-state index contributed by atoms with van der Waals surface area (Å²) in [6.45, 7) is 8.94. The first kappa shape index (κ1) is 27.6. The van der Waals surface area contributed by atoms with Gasteiger partial charge >= 0.3 is 12.1 Å². The molecule has 1 saturated carbocycles. The topological polar surface area (TPSA) is 135 Å². The summed E-state index contributed by atoms with van der Waals surface area (Å²) in [5.74, 6) is -2.52. The third-order valence-electron chi connectivity index (χ3n) is 6.99. The van der Waals surface area contributed by atoms with Crippen LogP contribution in [0, 0.1) is 12.7 Å². The number of piperidine rings is 1. The van der Waals surface area contributed by atoms with E-state index in [0.29, 0.717) is 36.0 Å². The van der Waals surface area contributed by atoms with Gasteiger partial charge in [0.2, 0.25) is 5.91 Å². The summed E-state index contributed by atoms with van der Waals surface area (Å²) in [5.41, 5.74) is 5.81. The van der Waals surface area contributed by atoms with Crippen LogP contribution in [-0.2, 0) is 9.53 Å². The number of halogens is 1. The number of ether oxygens (including phenoxy) is 1. The number of fused-ring (bicyclic) bond motifs is 1. The van der Waals surface area contributed by atoms with Crippen molar-refractivity contribution in [2.45, 2.75) is 83.9 Å². The fraction of sp³-hybridized carbons (Fsp3) is 0.556. The molecule has 2 aromatic rings. The first-order chi connectivity index (χ1) is 17.7. The maximum Gasteiger partial charge on any atom is 0.417 e. The van der Waals surface area contributed by atoms with Crippen molar-refractivity contribution in [1.29, 1.82) is 0 Å². The van der Waals surface area contributed by atoms with Crippen LogP contribution >= 0.6 is 0 Å². The van der Waals surface area contributed by atoms with Crippen LogP contribution in [-0.4, -0.2) is 63.2 Å². The second-order valence-electron chi connectivity index (χ2n) is 11.3. The van der Waals surface area contributed by atoms with Gasteiger partial charge in [-0.1, -0.05) is 0 Å². The van der Waals surface area contributed by atoms with Crippen LogP contribution in [0.3, 0.4) is 0 Å². The highest BCUT2D eigenvalue weighted by Crippen LogP contribution is 2.44. The monoisotopic (exact) mass is 530 g/mol. The Labute approximate surface area is 220 Å². The zero-order chi connectivity index (χ0) is 28.1. The minimum Gasteiger partial charge on any atom is -0.477 e. The van der Waals surface area contributed by atoms with E-state index in [1.165, 1.54) is 13.0 Å². The second kappa shape index (κ2) is 10.0. The Balaban J connectivity index is 1.78. The molecular formula is C27H35FN4O6. The Morgan fingerprint density at radius 1 is 1.24 bits per heavy atom. The molecule has 4 rings (SSSR count). The molecule has 1 saturated heterocycles. The van der Waals surface area contributed by atoms with Gasteiger partial charge in [-0.15, -0.1) is 0 Å². The second-order valence-corrected chi connectivity index (χ2v) is 11.3. The molecule has 38 heavy (non-hydrogen) atoms. The van der Waals surface area contributed by atoms with E-state index < -0.39 is 52.6 Å². The summed E-state index contributed by atoms with van der Waals surface area (Å²) in [6, 6.07) is -0.128. The number of rotatable bonds is 5. The number of aryl methyl sites for hydroxylation is 1. The van der Waals surface area contributed by atoms with Gasteiger partial charge in [-0.25, -0.2) is 18.9 Å². The smallest absolute Gasteiger partial charge is 0.417 e. The normalized spacial score (nSPS) is 18.8. The fourth-order valence-electron chi connectivity index (χ4n) is 5.21. The average molecular weight is 531 g/mol. The van der Waals surface area contributed by atoms with Crippen molar-refractivity contribution in [2.24, 2.45) is 5.73 Å². The maximum absolute atomic E-state index is 15.7. The molecule has 0 spiro atoms. The van der Waals surface area contributed by atoms with E-state index in [1.54, 1.807) is 32.6 Å². The number of hydrogen-bond donors (Lipinski definition) is 2. The third-order valence-corrected chi connectivity index (χ3v) is 6.99. The largest absolute Gasteiger partial charge is 0.477 e. The maximum atomic E-state index is 15.7. The molecule has 1 aliphatic heterocycles. The van der Waals surface area contributed by atoms with Crippen LogP contribution in [0.1, 0.15) is 80.8 Å². The molecule has 3 N–H and O–H groups in total. The van der Waals surface area contributed by atoms with Gasteiger partial charge in [0.05, 0.1) is 29.5 Å². The van der Waals surface area contributed by atoms with Crippen LogP contribution < -0.4 is 16.2 Å². The van der Waals surface area contributed by atoms with Crippen molar-refractivity contribution in [3.63, 3.8) is 0 Å². The number of hydrogen-bond acceptors (Lipinski definition) is 7. The SMILES string of the molecule is Cc1c(N2CCC[C@@H](N(C(=O)OC(C)(C)C)C(=O)[C@H](C)N)C2)c(F)cn2c(=O)c(C(=O)O)cc(C3CC3)c12. The van der Waals surface area contributed by atoms with Crippen molar-refractivity contribution in [2.75, 3.05) is 18.0 Å². The zero-order valence-corrected chi connectivity index (χ0v) is 22.4. The first-order valence-electron chi connectivity index (χ1n) is 12.9. The molecule has 1 aliphatic carbocycles. The van der Waals surface area contributed by atoms with Gasteiger partial charge in [0.25, 0.3) is 5.56 Å². The number of pyridine rings is 2. The lowest BCUT2D eigenvalue weighted by atomic mass is 9.99. The molecule has 0 aromatic carbocycles. The number of nitrogens with two attached hydrogens (primary N) is 1. The summed E-state index contributed by atoms with van der Waals surface area (Å²) < 4.78 is 22.3. The van der Waals surface area contributed by atoms with Crippen molar-refractivity contribution in [3.8, 4) is 0 Å². The van der Waals surface area contributed by atoms with Crippen LogP contribution in [0.15, 0.2) is 17.1 Å². The fourth-order valence-corrected chi connectivity index (χ4v) is 5.21. The van der Waals surface area contributed by atoms with E-state index >= 15 is 4.39 Å². The lowest BCUT2D eigenvalue weighted by Crippen LogP contribution is -2.57. The van der Waals surface area contributed by atoms with Crippen LogP contribution in [0.2, 0.25) is 0 Å². The lowest BCUT2D eigenvalue weighted by molar-refractivity contribution is -0.133. The highest BCUT2D eigenvalue weighted by Gasteiger charge is 2.38. The molecule has 0 unspecified atom stereocenters. The van der Waals surface area contributed by atoms with Crippen LogP contribution in [0.25, 0.3) is 5.52 Å². The van der Waals surface area contributed by atoms with Gasteiger partial charge in [-0.2, -0.15) is 0 Å². The number of carbonyl (C=O) groups is 3. The van der Waals surface area contributed by atoms with E-state index in [0.717, 1.165) is 28.3 Å². The first-order valence-corrected chi connectivity index (χ1v) is 12.9. The Kier molecular flexibility index (Phi) is 7.26. The zero-order valence-electron chi connectivity index (χ0n) is 22.4. The van der Waals surface area contributed by atoms with Gasteiger partial charge in [-0.3, -0.25) is 14.0 Å². The molecule has 2 aromatic heterocycles. The summed E-state index contributed by atoms with van der Waals surface area (Å²) in [4.78, 5) is 53.5. The summed E-state index contributed by atoms with van der Waals surface area (Å²) >= 11 is 0. The van der Waals surface area contributed by atoms with E-state index in [9.17, 15) is 24.3 Å². The number of nitrogens with zero attached hydrogens (tertiary/aromatic N) is 3. The van der Waals surface area contributed by atoms with E-state index in [1.807, 2.05) is 0 Å². The number of anilines is 1. The Bertz CT molecular complexity index is 1360. The van der Waals surface area contributed by atoms with Gasteiger partial charge in [0, 0.05) is 13.1 Å². The lowest BCUT2D eigenvalue weighted by Gasteiger charge is -2.40. The Hall–Kier alpha value is -3.47. The minimum absolute atomic E-state index is 0.0983. The van der Waals surface area contributed by atoms with Crippen molar-refractivity contribution in [3.05, 3.63) is 45.1 Å². The number of carboxylic acid groups (broad SMARTS) is 1. The van der Waals surface area contributed by atoms with E-state index in [-0.39, 0.29) is 18.2 Å². The molecule has 206 valence electrons. The highest BCUT2D eigenvalue weighted by molar-refractivity contribution is 5.95. The molecule has 0 bridgehead atoms. The quantitative estimate of drug-likeness (QED) is 0.601. The Morgan fingerprint density at radius 3 is 2.45 bits per heavy atom. The van der Waals surface area contributed by atoms with Crippen LogP contribution in [0.4, 0.5) is 14.9 Å². The van der Waals surface area contributed by atoms with Gasteiger partial charge in [0.1, 0.15) is 11.2 Å². The summed E-state index contributed by atoms with van der Waals surface area (Å²) in [5, 5.41) is 9.53. The van der Waals surface area contributed by atoms with Crippen molar-refractivity contribution < 1.29 is 28.6 Å². The van der Waals surface area contributed by atoms with Gasteiger partial charge in [0.15, 0.2) is 5.82 Å². The number of aromatic nitrogens is 1. The predicted octanol–water partition coefficient (Wildman–Crippen LogP) is 3.40. The number of carboxylic acids is 1. The Morgan fingerprint density at radius 2 is 1.89 bits per heavy atom. The molecule has 2 atom stereocenters. The highest BCUT2D eigenvalue weighted by atomic mass is 19.1. The summed E-state index contributed by atoms with van der Waals surface area (Å²) in [7, 11) is 0. The molecule has 10 nitrogen and oxygen atoms in total. The van der Waals surface area contributed by atoms with Crippen molar-refractivity contribution >= 4 is 29.2 Å². The molecular weight excluding hydrogens is 495 g/mol. The average Bonchev–Trinajstić information content (AvgIpc) is 3.64. The number of aromatic carboxylic acids is 1. The predicted molar refractivity (Wildman–Crippen MR) is 139 cm³/mol. The molecule has 2 fully saturated rings. The molecule has 2 amide bonds. The standard InChI is InChI=1S/C27H35FN4O6/c1-14-21-18(16-8-9-16)11-19(25(35)36)24(34)31(21)13-20(28)22(14)30-10-6-7-17(12-30)32(23(33)15(2)29)26(37)38-27(3,4)5/h11,13,15-17H,6-10,12,29H2,1-5H3,(H,35,36)/t15-,17+/m0/s1.